The van der Waals surface area contributed by atoms with Crippen LogP contribution >= 0.6 is 0 Å². The summed E-state index contributed by atoms with van der Waals surface area (Å²) in [6.07, 6.45) is 3.00. The van der Waals surface area contributed by atoms with E-state index in [4.69, 9.17) is 9.47 Å². The van der Waals surface area contributed by atoms with Crippen LogP contribution in [0.5, 0.6) is 0 Å². The van der Waals surface area contributed by atoms with Crippen LogP contribution in [0.15, 0.2) is 36.4 Å². The summed E-state index contributed by atoms with van der Waals surface area (Å²) in [5.41, 5.74) is 0.132. The molecule has 0 saturated carbocycles. The maximum absolute atomic E-state index is 12.9. The molecule has 4 atom stereocenters. The van der Waals surface area contributed by atoms with Gasteiger partial charge in [0.25, 0.3) is 0 Å². The van der Waals surface area contributed by atoms with Crippen molar-refractivity contribution in [2.24, 2.45) is 11.8 Å². The van der Waals surface area contributed by atoms with Crippen molar-refractivity contribution < 1.29 is 29.0 Å². The molecule has 1 N–H and O–H groups in total. The Balaban J connectivity index is 1.61. The van der Waals surface area contributed by atoms with Gasteiger partial charge in [0.1, 0.15) is 11.5 Å². The standard InChI is InChI=1S/C18H17NO6/c1-2-24-17(23)10-3-5-11(6-4-10)19-9-18-8-7-12(25-18)13(16(21)22)14(18)15(19)20/h3-8,12-14H,2,9H2,1H3,(H,21,22)/t12-,13-,14+,18-/m0/s1. The van der Waals surface area contributed by atoms with E-state index < -0.39 is 35.5 Å². The van der Waals surface area contributed by atoms with Crippen molar-refractivity contribution in [2.45, 2.75) is 18.6 Å². The maximum Gasteiger partial charge on any atom is 0.338 e. The molecule has 3 aliphatic rings. The Labute approximate surface area is 143 Å². The maximum atomic E-state index is 12.9. The topological polar surface area (TPSA) is 93.1 Å². The lowest BCUT2D eigenvalue weighted by Gasteiger charge is -2.21. The number of carboxylic acid groups (broad SMARTS) is 1. The fraction of sp³-hybridized carbons (Fsp3) is 0.389. The Morgan fingerprint density at radius 2 is 2.08 bits per heavy atom. The molecule has 7 heteroatoms. The molecule has 2 fully saturated rings. The Hall–Kier alpha value is -2.67. The fourth-order valence-corrected chi connectivity index (χ4v) is 3.99. The Bertz CT molecular complexity index is 785. The summed E-state index contributed by atoms with van der Waals surface area (Å²) in [5, 5.41) is 9.47. The lowest BCUT2D eigenvalue weighted by molar-refractivity contribution is -0.146. The number of fused-ring (bicyclic) bond motifs is 1. The lowest BCUT2D eigenvalue weighted by atomic mass is 9.77. The van der Waals surface area contributed by atoms with Crippen LogP contribution in [-0.4, -0.2) is 47.8 Å². The van der Waals surface area contributed by atoms with Gasteiger partial charge in [0.15, 0.2) is 0 Å². The molecule has 1 aromatic carbocycles. The second-order valence-electron chi connectivity index (χ2n) is 6.43. The molecule has 2 bridgehead atoms. The van der Waals surface area contributed by atoms with E-state index in [0.717, 1.165) is 0 Å². The highest BCUT2D eigenvalue weighted by molar-refractivity contribution is 6.02. The van der Waals surface area contributed by atoms with Crippen molar-refractivity contribution >= 4 is 23.5 Å². The lowest BCUT2D eigenvalue weighted by Crippen LogP contribution is -2.39. The predicted molar refractivity (Wildman–Crippen MR) is 86.1 cm³/mol. The summed E-state index contributed by atoms with van der Waals surface area (Å²) >= 11 is 0. The van der Waals surface area contributed by atoms with Crippen molar-refractivity contribution in [1.29, 1.82) is 0 Å². The van der Waals surface area contributed by atoms with E-state index in [1.807, 2.05) is 6.08 Å². The highest BCUT2D eigenvalue weighted by Crippen LogP contribution is 2.52. The van der Waals surface area contributed by atoms with Crippen LogP contribution in [-0.2, 0) is 19.1 Å². The van der Waals surface area contributed by atoms with Crippen LogP contribution in [0.4, 0.5) is 5.69 Å². The van der Waals surface area contributed by atoms with Crippen molar-refractivity contribution in [3.8, 4) is 0 Å². The van der Waals surface area contributed by atoms with Gasteiger partial charge in [-0.1, -0.05) is 12.2 Å². The molecule has 130 valence electrons. The van der Waals surface area contributed by atoms with Crippen LogP contribution in [0.25, 0.3) is 0 Å². The predicted octanol–water partition coefficient (Wildman–Crippen LogP) is 1.23. The normalized spacial score (nSPS) is 32.1. The summed E-state index contributed by atoms with van der Waals surface area (Å²) in [7, 11) is 0. The summed E-state index contributed by atoms with van der Waals surface area (Å²) in [4.78, 5) is 37.7. The first kappa shape index (κ1) is 15.8. The van der Waals surface area contributed by atoms with E-state index in [1.165, 1.54) is 4.90 Å². The van der Waals surface area contributed by atoms with Crippen LogP contribution in [0.1, 0.15) is 17.3 Å². The number of esters is 1. The fourth-order valence-electron chi connectivity index (χ4n) is 3.99. The first-order valence-electron chi connectivity index (χ1n) is 8.15. The molecular weight excluding hydrogens is 326 g/mol. The molecule has 1 spiro atoms. The van der Waals surface area contributed by atoms with E-state index in [-0.39, 0.29) is 19.1 Å². The largest absolute Gasteiger partial charge is 0.481 e. The molecule has 1 aromatic rings. The van der Waals surface area contributed by atoms with Crippen LogP contribution in [0, 0.1) is 11.8 Å². The Morgan fingerprint density at radius 1 is 1.36 bits per heavy atom. The first-order valence-corrected chi connectivity index (χ1v) is 8.15. The van der Waals surface area contributed by atoms with Gasteiger partial charge in [0.05, 0.1) is 30.7 Å². The smallest absolute Gasteiger partial charge is 0.338 e. The van der Waals surface area contributed by atoms with E-state index in [2.05, 4.69) is 0 Å². The number of hydrogen-bond donors (Lipinski definition) is 1. The second-order valence-corrected chi connectivity index (χ2v) is 6.43. The van der Waals surface area contributed by atoms with Crippen LogP contribution < -0.4 is 4.90 Å². The molecule has 4 rings (SSSR count). The third-order valence-corrected chi connectivity index (χ3v) is 5.08. The molecule has 0 radical (unpaired) electrons. The Kier molecular flexibility index (Phi) is 3.43. The minimum Gasteiger partial charge on any atom is -0.481 e. The van der Waals surface area contributed by atoms with E-state index in [9.17, 15) is 19.5 Å². The van der Waals surface area contributed by atoms with Crippen molar-refractivity contribution in [3.05, 3.63) is 42.0 Å². The number of carbonyl (C=O) groups is 3. The van der Waals surface area contributed by atoms with Gasteiger partial charge in [0.2, 0.25) is 5.91 Å². The van der Waals surface area contributed by atoms with Crippen molar-refractivity contribution in [1.82, 2.24) is 0 Å². The zero-order chi connectivity index (χ0) is 17.8. The number of hydrogen-bond acceptors (Lipinski definition) is 5. The van der Waals surface area contributed by atoms with Gasteiger partial charge in [-0.2, -0.15) is 0 Å². The molecule has 3 aliphatic heterocycles. The monoisotopic (exact) mass is 343 g/mol. The van der Waals surface area contributed by atoms with E-state index in [1.54, 1.807) is 37.3 Å². The van der Waals surface area contributed by atoms with Gasteiger partial charge >= 0.3 is 11.9 Å². The minimum atomic E-state index is -1.02. The third kappa shape index (κ3) is 2.19. The molecule has 25 heavy (non-hydrogen) atoms. The average Bonchev–Trinajstić information content (AvgIpc) is 3.23. The molecule has 0 aromatic heterocycles. The van der Waals surface area contributed by atoms with Gasteiger partial charge in [-0.3, -0.25) is 9.59 Å². The van der Waals surface area contributed by atoms with Gasteiger partial charge in [-0.25, -0.2) is 4.79 Å². The van der Waals surface area contributed by atoms with Gasteiger partial charge in [-0.05, 0) is 31.2 Å². The average molecular weight is 343 g/mol. The zero-order valence-electron chi connectivity index (χ0n) is 13.5. The number of ether oxygens (including phenoxy) is 2. The summed E-state index contributed by atoms with van der Waals surface area (Å²) in [6.45, 7) is 2.29. The number of amides is 1. The van der Waals surface area contributed by atoms with Crippen LogP contribution in [0.2, 0.25) is 0 Å². The summed E-state index contributed by atoms with van der Waals surface area (Å²) in [6, 6.07) is 6.51. The summed E-state index contributed by atoms with van der Waals surface area (Å²) in [5.74, 6) is -3.28. The second kappa shape index (κ2) is 5.42. The quantitative estimate of drug-likeness (QED) is 0.653. The van der Waals surface area contributed by atoms with Gasteiger partial charge in [-0.15, -0.1) is 0 Å². The SMILES string of the molecule is CCOC(=O)c1ccc(N2C[C@]34C=C[C@H](O3)[C@H](C(=O)O)[C@@H]4C2=O)cc1. The number of carboxylic acids is 1. The molecule has 1 amide bonds. The van der Waals surface area contributed by atoms with Crippen molar-refractivity contribution in [3.63, 3.8) is 0 Å². The number of carbonyl (C=O) groups excluding carboxylic acids is 2. The molecule has 7 nitrogen and oxygen atoms in total. The molecule has 3 heterocycles. The molecular formula is C18H17NO6. The van der Waals surface area contributed by atoms with Gasteiger partial charge in [0, 0.05) is 5.69 Å². The van der Waals surface area contributed by atoms with Gasteiger partial charge < -0.3 is 19.5 Å². The van der Waals surface area contributed by atoms with Crippen molar-refractivity contribution in [2.75, 3.05) is 18.1 Å². The first-order chi connectivity index (χ1) is 12.0. The Morgan fingerprint density at radius 3 is 2.72 bits per heavy atom. The van der Waals surface area contributed by atoms with Crippen LogP contribution in [0.3, 0.4) is 0 Å². The minimum absolute atomic E-state index is 0.261. The number of anilines is 1. The van der Waals surface area contributed by atoms with E-state index in [0.29, 0.717) is 11.3 Å². The third-order valence-electron chi connectivity index (χ3n) is 5.08. The zero-order valence-corrected chi connectivity index (χ0v) is 13.5. The summed E-state index contributed by atoms with van der Waals surface area (Å²) < 4.78 is 10.8. The highest BCUT2D eigenvalue weighted by Gasteiger charge is 2.67. The van der Waals surface area contributed by atoms with E-state index >= 15 is 0 Å². The highest BCUT2D eigenvalue weighted by atomic mass is 16.5. The number of nitrogens with zero attached hydrogens (tertiary/aromatic N) is 1. The molecule has 0 aliphatic carbocycles. The number of aliphatic carboxylic acids is 1. The number of rotatable bonds is 4. The molecule has 2 saturated heterocycles. The molecule has 0 unspecified atom stereocenters. The number of benzene rings is 1.